The Balaban J connectivity index is 1.89. The first kappa shape index (κ1) is 15.1. The molecular weight excluding hydrogens is 327 g/mol. The molecule has 19 heavy (non-hydrogen) atoms. The van der Waals surface area contributed by atoms with E-state index in [9.17, 15) is 0 Å². The predicted molar refractivity (Wildman–Crippen MR) is 84.7 cm³/mol. The highest BCUT2D eigenvalue weighted by molar-refractivity contribution is 7.80. The first-order valence-electron chi connectivity index (χ1n) is 5.87. The minimum absolute atomic E-state index is 0.226. The smallest absolute Gasteiger partial charge is 0.170 e. The SMILES string of the molecule is S=C(NC[C@@H]1CCCO1)Nc1cc(Cl)c(Cl)cc1Cl. The summed E-state index contributed by atoms with van der Waals surface area (Å²) >= 11 is 23.0. The molecule has 2 N–H and O–H groups in total. The van der Waals surface area contributed by atoms with Gasteiger partial charge in [-0.2, -0.15) is 0 Å². The molecular formula is C12H13Cl3N2OS. The van der Waals surface area contributed by atoms with Crippen molar-refractivity contribution in [1.29, 1.82) is 0 Å². The van der Waals surface area contributed by atoms with Crippen LogP contribution in [0.3, 0.4) is 0 Å². The molecule has 1 saturated heterocycles. The van der Waals surface area contributed by atoms with Crippen LogP contribution in [-0.2, 0) is 4.74 Å². The van der Waals surface area contributed by atoms with Crippen molar-refractivity contribution in [3.8, 4) is 0 Å². The Morgan fingerprint density at radius 1 is 1.26 bits per heavy atom. The second-order valence-corrected chi connectivity index (χ2v) is 5.85. The summed E-state index contributed by atoms with van der Waals surface area (Å²) < 4.78 is 5.50. The van der Waals surface area contributed by atoms with E-state index in [0.717, 1.165) is 19.4 Å². The molecule has 104 valence electrons. The van der Waals surface area contributed by atoms with Crippen LogP contribution in [-0.4, -0.2) is 24.4 Å². The summed E-state index contributed by atoms with van der Waals surface area (Å²) in [5.74, 6) is 0. The molecule has 0 radical (unpaired) electrons. The molecule has 1 aromatic rings. The van der Waals surface area contributed by atoms with Crippen molar-refractivity contribution in [3.63, 3.8) is 0 Å². The number of rotatable bonds is 3. The van der Waals surface area contributed by atoms with E-state index in [-0.39, 0.29) is 6.10 Å². The number of hydrogen-bond acceptors (Lipinski definition) is 2. The molecule has 0 spiro atoms. The zero-order valence-corrected chi connectivity index (χ0v) is 13.1. The fourth-order valence-electron chi connectivity index (χ4n) is 1.80. The Labute approximate surface area is 132 Å². The van der Waals surface area contributed by atoms with Crippen molar-refractivity contribution in [2.24, 2.45) is 0 Å². The summed E-state index contributed by atoms with van der Waals surface area (Å²) in [4.78, 5) is 0. The van der Waals surface area contributed by atoms with Gasteiger partial charge < -0.3 is 15.4 Å². The molecule has 1 aromatic carbocycles. The number of thiocarbonyl (C=S) groups is 1. The van der Waals surface area contributed by atoms with Gasteiger partial charge in [0.1, 0.15) is 0 Å². The number of anilines is 1. The molecule has 1 atom stereocenters. The number of halogens is 3. The van der Waals surface area contributed by atoms with E-state index in [4.69, 9.17) is 51.8 Å². The molecule has 1 aliphatic rings. The van der Waals surface area contributed by atoms with Gasteiger partial charge in [0, 0.05) is 13.2 Å². The lowest BCUT2D eigenvalue weighted by atomic mass is 10.2. The number of hydrogen-bond donors (Lipinski definition) is 2. The van der Waals surface area contributed by atoms with E-state index in [1.54, 1.807) is 12.1 Å². The molecule has 1 fully saturated rings. The van der Waals surface area contributed by atoms with E-state index in [1.807, 2.05) is 0 Å². The van der Waals surface area contributed by atoms with Crippen LogP contribution in [0.15, 0.2) is 12.1 Å². The second kappa shape index (κ2) is 6.95. The molecule has 1 aliphatic heterocycles. The lowest BCUT2D eigenvalue weighted by molar-refractivity contribution is 0.114. The third-order valence-corrected chi connectivity index (χ3v) is 4.05. The zero-order valence-electron chi connectivity index (χ0n) is 10.0. The van der Waals surface area contributed by atoms with Gasteiger partial charge in [-0.15, -0.1) is 0 Å². The molecule has 1 heterocycles. The molecule has 0 aliphatic carbocycles. The fourth-order valence-corrected chi connectivity index (χ4v) is 2.58. The second-order valence-electron chi connectivity index (χ2n) is 4.22. The van der Waals surface area contributed by atoms with Crippen molar-refractivity contribution in [1.82, 2.24) is 5.32 Å². The van der Waals surface area contributed by atoms with Crippen LogP contribution in [0, 0.1) is 0 Å². The Morgan fingerprint density at radius 2 is 2.00 bits per heavy atom. The monoisotopic (exact) mass is 338 g/mol. The summed E-state index contributed by atoms with van der Waals surface area (Å²) in [5, 5.41) is 7.88. The van der Waals surface area contributed by atoms with Gasteiger partial charge in [0.05, 0.1) is 26.9 Å². The number of ether oxygens (including phenoxy) is 1. The highest BCUT2D eigenvalue weighted by Crippen LogP contribution is 2.32. The molecule has 3 nitrogen and oxygen atoms in total. The van der Waals surface area contributed by atoms with Crippen molar-refractivity contribution in [3.05, 3.63) is 27.2 Å². The first-order valence-corrected chi connectivity index (χ1v) is 7.41. The standard InChI is InChI=1S/C12H13Cl3N2OS/c13-8-4-10(15)11(5-9(8)14)17-12(19)16-6-7-2-1-3-18-7/h4-5,7H,1-3,6H2,(H2,16,17,19)/t7-/m0/s1. The number of benzene rings is 1. The van der Waals surface area contributed by atoms with Crippen LogP contribution in [0.5, 0.6) is 0 Å². The van der Waals surface area contributed by atoms with Gasteiger partial charge in [-0.1, -0.05) is 34.8 Å². The third-order valence-electron chi connectivity index (χ3n) is 2.77. The topological polar surface area (TPSA) is 33.3 Å². The van der Waals surface area contributed by atoms with Crippen molar-refractivity contribution in [2.45, 2.75) is 18.9 Å². The molecule has 7 heteroatoms. The third kappa shape index (κ3) is 4.36. The van der Waals surface area contributed by atoms with E-state index >= 15 is 0 Å². The number of nitrogens with one attached hydrogen (secondary N) is 2. The normalized spacial score (nSPS) is 18.4. The molecule has 0 aromatic heterocycles. The van der Waals surface area contributed by atoms with Gasteiger partial charge in [-0.05, 0) is 37.2 Å². The lowest BCUT2D eigenvalue weighted by Crippen LogP contribution is -2.34. The van der Waals surface area contributed by atoms with Crippen LogP contribution in [0.2, 0.25) is 15.1 Å². The minimum atomic E-state index is 0.226. The maximum Gasteiger partial charge on any atom is 0.170 e. The maximum atomic E-state index is 6.06. The van der Waals surface area contributed by atoms with Crippen LogP contribution < -0.4 is 10.6 Å². The van der Waals surface area contributed by atoms with Gasteiger partial charge in [0.2, 0.25) is 0 Å². The molecule has 0 amide bonds. The van der Waals surface area contributed by atoms with Crippen LogP contribution in [0.4, 0.5) is 5.69 Å². The van der Waals surface area contributed by atoms with Gasteiger partial charge in [0.25, 0.3) is 0 Å². The molecule has 2 rings (SSSR count). The van der Waals surface area contributed by atoms with Crippen LogP contribution in [0.1, 0.15) is 12.8 Å². The largest absolute Gasteiger partial charge is 0.376 e. The predicted octanol–water partition coefficient (Wildman–Crippen LogP) is 4.11. The van der Waals surface area contributed by atoms with Crippen molar-refractivity contribution in [2.75, 3.05) is 18.5 Å². The van der Waals surface area contributed by atoms with Gasteiger partial charge >= 0.3 is 0 Å². The van der Waals surface area contributed by atoms with E-state index in [1.165, 1.54) is 0 Å². The fraction of sp³-hybridized carbons (Fsp3) is 0.417. The van der Waals surface area contributed by atoms with Crippen molar-refractivity contribution >= 4 is 57.8 Å². The summed E-state index contributed by atoms with van der Waals surface area (Å²) in [6.45, 7) is 1.51. The van der Waals surface area contributed by atoms with Gasteiger partial charge in [-0.3, -0.25) is 0 Å². The zero-order chi connectivity index (χ0) is 13.8. The van der Waals surface area contributed by atoms with Crippen LogP contribution >= 0.6 is 47.0 Å². The Hall–Kier alpha value is -0.260. The molecule has 0 saturated carbocycles. The lowest BCUT2D eigenvalue weighted by Gasteiger charge is -2.15. The van der Waals surface area contributed by atoms with Crippen molar-refractivity contribution < 1.29 is 4.74 Å². The average Bonchev–Trinajstić information content (AvgIpc) is 2.86. The molecule has 0 unspecified atom stereocenters. The summed E-state index contributed by atoms with van der Waals surface area (Å²) in [7, 11) is 0. The first-order chi connectivity index (χ1) is 9.06. The maximum absolute atomic E-state index is 6.06. The van der Waals surface area contributed by atoms with Crippen LogP contribution in [0.25, 0.3) is 0 Å². The Kier molecular flexibility index (Phi) is 5.54. The highest BCUT2D eigenvalue weighted by Gasteiger charge is 2.15. The van der Waals surface area contributed by atoms with Gasteiger partial charge in [0.15, 0.2) is 5.11 Å². The van der Waals surface area contributed by atoms with E-state index < -0.39 is 0 Å². The highest BCUT2D eigenvalue weighted by atomic mass is 35.5. The quantitative estimate of drug-likeness (QED) is 0.641. The van der Waals surface area contributed by atoms with E-state index in [0.29, 0.717) is 32.4 Å². The summed E-state index contributed by atoms with van der Waals surface area (Å²) in [6, 6.07) is 3.22. The molecule has 0 bridgehead atoms. The van der Waals surface area contributed by atoms with E-state index in [2.05, 4.69) is 10.6 Å². The average molecular weight is 340 g/mol. The minimum Gasteiger partial charge on any atom is -0.376 e. The Bertz CT molecular complexity index is 478. The summed E-state index contributed by atoms with van der Waals surface area (Å²) in [5.41, 5.74) is 0.626. The Morgan fingerprint density at radius 3 is 2.68 bits per heavy atom. The van der Waals surface area contributed by atoms with Gasteiger partial charge in [-0.25, -0.2) is 0 Å². The summed E-state index contributed by atoms with van der Waals surface area (Å²) in [6.07, 6.45) is 2.39.